The second-order valence-electron chi connectivity index (χ2n) is 9.30. The summed E-state index contributed by atoms with van der Waals surface area (Å²) in [6.45, 7) is 2.64. The van der Waals surface area contributed by atoms with Crippen molar-refractivity contribution >= 4 is 22.5 Å². The van der Waals surface area contributed by atoms with Gasteiger partial charge in [-0.3, -0.25) is 14.2 Å². The zero-order valence-electron chi connectivity index (χ0n) is 20.1. The molecule has 0 radical (unpaired) electrons. The lowest BCUT2D eigenvalue weighted by atomic mass is 10.1. The fourth-order valence-corrected chi connectivity index (χ4v) is 4.77. The third-order valence-corrected chi connectivity index (χ3v) is 7.00. The Hall–Kier alpha value is -4.14. The van der Waals surface area contributed by atoms with Crippen molar-refractivity contribution in [3.05, 3.63) is 70.8 Å². The second-order valence-corrected chi connectivity index (χ2v) is 9.30. The van der Waals surface area contributed by atoms with Crippen LogP contribution in [0.1, 0.15) is 24.6 Å². The third-order valence-electron chi connectivity index (χ3n) is 7.00. The summed E-state index contributed by atoms with van der Waals surface area (Å²) >= 11 is 0. The van der Waals surface area contributed by atoms with Crippen LogP contribution in [0, 0.1) is 0 Å². The van der Waals surface area contributed by atoms with Gasteiger partial charge in [0.2, 0.25) is 5.91 Å². The smallest absolute Gasteiger partial charge is 0.258 e. The van der Waals surface area contributed by atoms with Crippen molar-refractivity contribution in [3.63, 3.8) is 0 Å². The van der Waals surface area contributed by atoms with Gasteiger partial charge in [0.1, 0.15) is 12.3 Å². The number of carbonyl (C=O) groups excluding carboxylic acids is 1. The molecule has 6 rings (SSSR count). The summed E-state index contributed by atoms with van der Waals surface area (Å²) in [4.78, 5) is 35.0. The van der Waals surface area contributed by atoms with Crippen LogP contribution in [0.2, 0.25) is 0 Å². The van der Waals surface area contributed by atoms with Gasteiger partial charge in [-0.2, -0.15) is 4.98 Å². The van der Waals surface area contributed by atoms with E-state index in [1.165, 1.54) is 10.6 Å². The predicted molar refractivity (Wildman–Crippen MR) is 135 cm³/mol. The first-order valence-electron chi connectivity index (χ1n) is 12.2. The summed E-state index contributed by atoms with van der Waals surface area (Å²) in [6, 6.07) is 17.0. The van der Waals surface area contributed by atoms with Gasteiger partial charge in [-0.05, 0) is 43.2 Å². The molecular weight excluding hydrogens is 458 g/mol. The van der Waals surface area contributed by atoms with Gasteiger partial charge >= 0.3 is 0 Å². The van der Waals surface area contributed by atoms with Gasteiger partial charge in [-0.25, -0.2) is 0 Å². The average molecular weight is 486 g/mol. The molecule has 9 nitrogen and oxygen atoms in total. The lowest BCUT2D eigenvalue weighted by Crippen LogP contribution is -2.50. The molecule has 2 aliphatic rings. The van der Waals surface area contributed by atoms with E-state index in [0.29, 0.717) is 41.8 Å². The number of hydrogen-bond donors (Lipinski definition) is 0. The van der Waals surface area contributed by atoms with E-state index in [4.69, 9.17) is 9.26 Å². The molecule has 0 N–H and O–H groups in total. The molecule has 0 spiro atoms. The number of piperazine rings is 1. The molecule has 1 saturated carbocycles. The summed E-state index contributed by atoms with van der Waals surface area (Å²) in [7, 11) is 1.65. The number of para-hydroxylation sites is 1. The van der Waals surface area contributed by atoms with Crippen LogP contribution in [-0.2, 0) is 11.3 Å². The van der Waals surface area contributed by atoms with E-state index in [-0.39, 0.29) is 18.0 Å². The number of carbonyl (C=O) groups is 1. The first-order valence-corrected chi connectivity index (χ1v) is 12.2. The Bertz CT molecular complexity index is 1460. The van der Waals surface area contributed by atoms with Gasteiger partial charge in [0.15, 0.2) is 5.82 Å². The van der Waals surface area contributed by atoms with Crippen LogP contribution in [0.4, 0.5) is 5.69 Å². The molecule has 0 bridgehead atoms. The van der Waals surface area contributed by atoms with Crippen molar-refractivity contribution in [3.8, 4) is 17.2 Å². The van der Waals surface area contributed by atoms with E-state index in [9.17, 15) is 9.59 Å². The molecule has 4 aromatic rings. The highest BCUT2D eigenvalue weighted by atomic mass is 16.5. The largest absolute Gasteiger partial charge is 0.497 e. The van der Waals surface area contributed by atoms with E-state index in [2.05, 4.69) is 15.0 Å². The quantitative estimate of drug-likeness (QED) is 0.414. The number of nitrogens with zero attached hydrogens (tertiary/aromatic N) is 5. The highest BCUT2D eigenvalue weighted by Crippen LogP contribution is 2.39. The summed E-state index contributed by atoms with van der Waals surface area (Å²) in [5.74, 6) is 2.15. The Morgan fingerprint density at radius 1 is 1.06 bits per heavy atom. The molecule has 2 fully saturated rings. The third kappa shape index (κ3) is 4.21. The summed E-state index contributed by atoms with van der Waals surface area (Å²) in [5.41, 5.74) is 2.12. The minimum atomic E-state index is -0.264. The Morgan fingerprint density at radius 3 is 2.53 bits per heavy atom. The number of methoxy groups -OCH3 is 1. The van der Waals surface area contributed by atoms with Gasteiger partial charge in [-0.15, -0.1) is 0 Å². The van der Waals surface area contributed by atoms with Gasteiger partial charge in [0.25, 0.3) is 11.4 Å². The monoisotopic (exact) mass is 485 g/mol. The molecule has 1 aliphatic heterocycles. The van der Waals surface area contributed by atoms with Crippen LogP contribution >= 0.6 is 0 Å². The zero-order chi connectivity index (χ0) is 24.6. The Morgan fingerprint density at radius 2 is 1.81 bits per heavy atom. The average Bonchev–Trinajstić information content (AvgIpc) is 3.66. The fraction of sp³-hybridized carbons (Fsp3) is 0.333. The molecule has 2 aromatic carbocycles. The highest BCUT2D eigenvalue weighted by molar-refractivity contribution is 5.93. The molecule has 3 heterocycles. The molecule has 2 aromatic heterocycles. The van der Waals surface area contributed by atoms with Crippen LogP contribution in [0.25, 0.3) is 22.4 Å². The van der Waals surface area contributed by atoms with Crippen molar-refractivity contribution in [2.75, 3.05) is 38.2 Å². The molecule has 0 unspecified atom stereocenters. The minimum Gasteiger partial charge on any atom is -0.497 e. The van der Waals surface area contributed by atoms with Crippen molar-refractivity contribution < 1.29 is 14.1 Å². The number of amides is 1. The normalized spacial score (nSPS) is 15.9. The molecule has 36 heavy (non-hydrogen) atoms. The molecule has 1 saturated heterocycles. The first kappa shape index (κ1) is 22.3. The molecule has 1 aliphatic carbocycles. The molecular formula is C27H27N5O4. The summed E-state index contributed by atoms with van der Waals surface area (Å²) in [6.07, 6.45) is 2.13. The van der Waals surface area contributed by atoms with E-state index in [1.807, 2.05) is 53.4 Å². The number of benzene rings is 2. The SMILES string of the molecule is COc1ccc(N2CCN(C(=O)Cn3c(=O)cc(-c4nc(C5CC5)no4)c4ccccc43)CC2)cc1. The van der Waals surface area contributed by atoms with Crippen LogP contribution in [0.15, 0.2) is 63.9 Å². The molecule has 184 valence electrons. The highest BCUT2D eigenvalue weighted by Gasteiger charge is 2.29. The van der Waals surface area contributed by atoms with Crippen molar-refractivity contribution in [2.45, 2.75) is 25.3 Å². The minimum absolute atomic E-state index is 0.0146. The standard InChI is InChI=1S/C27H27N5O4/c1-35-20-10-8-19(9-11-20)30-12-14-31(15-13-30)25(34)17-32-23-5-3-2-4-21(23)22(16-24(32)33)27-28-26(29-36-27)18-6-7-18/h2-5,8-11,16,18H,6-7,12-15,17H2,1H3. The number of anilines is 1. The summed E-state index contributed by atoms with van der Waals surface area (Å²) in [5, 5.41) is 4.90. The van der Waals surface area contributed by atoms with Gasteiger partial charge in [0, 0.05) is 49.2 Å². The van der Waals surface area contributed by atoms with Gasteiger partial charge < -0.3 is 19.1 Å². The van der Waals surface area contributed by atoms with Crippen LogP contribution in [0.3, 0.4) is 0 Å². The van der Waals surface area contributed by atoms with E-state index in [1.54, 1.807) is 7.11 Å². The van der Waals surface area contributed by atoms with Crippen LogP contribution < -0.4 is 15.2 Å². The zero-order valence-corrected chi connectivity index (χ0v) is 20.1. The summed E-state index contributed by atoms with van der Waals surface area (Å²) < 4.78 is 12.3. The number of pyridine rings is 1. The van der Waals surface area contributed by atoms with Crippen LogP contribution in [-0.4, -0.2) is 58.8 Å². The Kier molecular flexibility index (Phi) is 5.67. The molecule has 1 amide bonds. The number of ether oxygens (including phenoxy) is 1. The van der Waals surface area contributed by atoms with Crippen LogP contribution in [0.5, 0.6) is 5.75 Å². The number of hydrogen-bond acceptors (Lipinski definition) is 7. The Balaban J connectivity index is 1.20. The van der Waals surface area contributed by atoms with Crippen molar-refractivity contribution in [1.82, 2.24) is 19.6 Å². The van der Waals surface area contributed by atoms with E-state index < -0.39 is 0 Å². The van der Waals surface area contributed by atoms with E-state index in [0.717, 1.165) is 42.8 Å². The maximum Gasteiger partial charge on any atom is 0.258 e. The maximum absolute atomic E-state index is 13.2. The number of aromatic nitrogens is 3. The van der Waals surface area contributed by atoms with Gasteiger partial charge in [-0.1, -0.05) is 23.4 Å². The predicted octanol–water partition coefficient (Wildman–Crippen LogP) is 3.29. The van der Waals surface area contributed by atoms with Gasteiger partial charge in [0.05, 0.1) is 18.2 Å². The number of rotatable bonds is 6. The van der Waals surface area contributed by atoms with Crippen molar-refractivity contribution in [2.24, 2.45) is 0 Å². The van der Waals surface area contributed by atoms with E-state index >= 15 is 0 Å². The maximum atomic E-state index is 13.2. The second kappa shape index (κ2) is 9.14. The van der Waals surface area contributed by atoms with Crippen molar-refractivity contribution in [1.29, 1.82) is 0 Å². The number of fused-ring (bicyclic) bond motifs is 1. The fourth-order valence-electron chi connectivity index (χ4n) is 4.77. The Labute approximate surface area is 207 Å². The molecule has 9 heteroatoms. The lowest BCUT2D eigenvalue weighted by molar-refractivity contribution is -0.132. The first-order chi connectivity index (χ1) is 17.6. The molecule has 0 atom stereocenters. The lowest BCUT2D eigenvalue weighted by Gasteiger charge is -2.36. The topological polar surface area (TPSA) is 93.7 Å².